The van der Waals surface area contributed by atoms with Crippen molar-refractivity contribution >= 4 is 22.6 Å². The highest BCUT2D eigenvalue weighted by atomic mass is 16.5. The van der Waals surface area contributed by atoms with Crippen molar-refractivity contribution in [3.8, 4) is 11.5 Å². The molecule has 1 N–H and O–H groups in total. The number of hydrogen-bond acceptors (Lipinski definition) is 4. The van der Waals surface area contributed by atoms with E-state index in [4.69, 9.17) is 9.47 Å². The van der Waals surface area contributed by atoms with Crippen LogP contribution in [0.3, 0.4) is 0 Å². The van der Waals surface area contributed by atoms with Crippen LogP contribution in [0.4, 0.5) is 5.69 Å². The molecule has 1 amide bonds. The second kappa shape index (κ2) is 8.69. The van der Waals surface area contributed by atoms with Crippen molar-refractivity contribution in [2.75, 3.05) is 12.4 Å². The first-order valence-corrected chi connectivity index (χ1v) is 9.70. The lowest BCUT2D eigenvalue weighted by Gasteiger charge is -2.13. The van der Waals surface area contributed by atoms with Gasteiger partial charge in [-0.1, -0.05) is 36.4 Å². The number of nitrogens with one attached hydrogen (secondary N) is 1. The van der Waals surface area contributed by atoms with E-state index in [0.717, 1.165) is 22.3 Å². The molecule has 0 spiro atoms. The number of para-hydroxylation sites is 4. The quantitative estimate of drug-likeness (QED) is 0.493. The van der Waals surface area contributed by atoms with Crippen LogP contribution in [0.2, 0.25) is 0 Å². The van der Waals surface area contributed by atoms with Crippen LogP contribution in [0, 0.1) is 6.92 Å². The maximum atomic E-state index is 12.8. The third-order valence-corrected chi connectivity index (χ3v) is 4.77. The first kappa shape index (κ1) is 19.5. The van der Waals surface area contributed by atoms with Gasteiger partial charge in [-0.3, -0.25) is 4.79 Å². The minimum Gasteiger partial charge on any atom is -0.495 e. The number of hydrogen-bond donors (Lipinski definition) is 1. The monoisotopic (exact) mass is 401 g/mol. The maximum Gasteiger partial charge on any atom is 0.244 e. The average molecular weight is 401 g/mol. The summed E-state index contributed by atoms with van der Waals surface area (Å²) in [6.45, 7) is 2.40. The molecule has 4 rings (SSSR count). The zero-order chi connectivity index (χ0) is 20.9. The Labute approximate surface area is 175 Å². The van der Waals surface area contributed by atoms with Crippen LogP contribution < -0.4 is 14.8 Å². The predicted molar refractivity (Wildman–Crippen MR) is 117 cm³/mol. The van der Waals surface area contributed by atoms with Crippen molar-refractivity contribution in [3.05, 3.63) is 84.2 Å². The number of anilines is 1. The highest BCUT2D eigenvalue weighted by Crippen LogP contribution is 2.24. The second-order valence-electron chi connectivity index (χ2n) is 6.96. The molecule has 6 nitrogen and oxygen atoms in total. The largest absolute Gasteiger partial charge is 0.495 e. The number of imidazole rings is 1. The molecule has 0 saturated carbocycles. The summed E-state index contributed by atoms with van der Waals surface area (Å²) in [5.74, 6) is 1.91. The summed E-state index contributed by atoms with van der Waals surface area (Å²) < 4.78 is 13.1. The van der Waals surface area contributed by atoms with Gasteiger partial charge in [0, 0.05) is 0 Å². The first-order valence-electron chi connectivity index (χ1n) is 9.70. The summed E-state index contributed by atoms with van der Waals surface area (Å²) in [5.41, 5.74) is 3.46. The standard InChI is InChI=1S/C24H23N3O3/c1-17-8-7-9-18(14-17)30-16-23-25-19-10-3-5-12-21(19)27(23)15-24(28)26-20-11-4-6-13-22(20)29-2/h3-14H,15-16H2,1-2H3,(H,26,28). The Bertz CT molecular complexity index is 1180. The smallest absolute Gasteiger partial charge is 0.244 e. The molecule has 0 unspecified atom stereocenters. The van der Waals surface area contributed by atoms with Crippen molar-refractivity contribution < 1.29 is 14.3 Å². The van der Waals surface area contributed by atoms with Crippen molar-refractivity contribution in [1.82, 2.24) is 9.55 Å². The lowest BCUT2D eigenvalue weighted by atomic mass is 10.2. The average Bonchev–Trinajstić information content (AvgIpc) is 3.10. The summed E-state index contributed by atoms with van der Waals surface area (Å²) in [6, 6.07) is 22.9. The van der Waals surface area contributed by atoms with Gasteiger partial charge in [0.15, 0.2) is 0 Å². The van der Waals surface area contributed by atoms with Crippen LogP contribution >= 0.6 is 0 Å². The van der Waals surface area contributed by atoms with Crippen LogP contribution in [0.1, 0.15) is 11.4 Å². The molecule has 4 aromatic rings. The zero-order valence-corrected chi connectivity index (χ0v) is 17.0. The fourth-order valence-electron chi connectivity index (χ4n) is 3.35. The maximum absolute atomic E-state index is 12.8. The summed E-state index contributed by atoms with van der Waals surface area (Å²) in [6.07, 6.45) is 0. The molecule has 6 heteroatoms. The van der Waals surface area contributed by atoms with Gasteiger partial charge < -0.3 is 19.4 Å². The minimum absolute atomic E-state index is 0.116. The van der Waals surface area contributed by atoms with Gasteiger partial charge in [0.1, 0.15) is 30.5 Å². The van der Waals surface area contributed by atoms with E-state index in [1.54, 1.807) is 7.11 Å². The van der Waals surface area contributed by atoms with Crippen LogP contribution in [-0.4, -0.2) is 22.6 Å². The molecule has 0 fully saturated rings. The Morgan fingerprint density at radius 3 is 2.67 bits per heavy atom. The number of nitrogens with zero attached hydrogens (tertiary/aromatic N) is 2. The van der Waals surface area contributed by atoms with Gasteiger partial charge in [0.05, 0.1) is 23.8 Å². The molecule has 3 aromatic carbocycles. The third-order valence-electron chi connectivity index (χ3n) is 4.77. The van der Waals surface area contributed by atoms with Crippen LogP contribution in [0.5, 0.6) is 11.5 Å². The normalized spacial score (nSPS) is 10.7. The molecule has 30 heavy (non-hydrogen) atoms. The van der Waals surface area contributed by atoms with Gasteiger partial charge in [-0.25, -0.2) is 4.98 Å². The minimum atomic E-state index is -0.167. The SMILES string of the molecule is COc1ccccc1NC(=O)Cn1c(COc2cccc(C)c2)nc2ccccc21. The van der Waals surface area contributed by atoms with E-state index in [2.05, 4.69) is 10.3 Å². The lowest BCUT2D eigenvalue weighted by molar-refractivity contribution is -0.116. The Balaban J connectivity index is 1.57. The van der Waals surface area contributed by atoms with E-state index in [1.807, 2.05) is 84.3 Å². The van der Waals surface area contributed by atoms with E-state index in [9.17, 15) is 4.79 Å². The summed E-state index contributed by atoms with van der Waals surface area (Å²) >= 11 is 0. The van der Waals surface area contributed by atoms with Gasteiger partial charge in [0.25, 0.3) is 0 Å². The van der Waals surface area contributed by atoms with Gasteiger partial charge in [-0.05, 0) is 48.9 Å². The summed E-state index contributed by atoms with van der Waals surface area (Å²) in [4.78, 5) is 17.5. The molecule has 0 saturated heterocycles. The molecule has 0 aliphatic carbocycles. The molecule has 152 valence electrons. The molecular weight excluding hydrogens is 378 g/mol. The molecular formula is C24H23N3O3. The number of amides is 1. The summed E-state index contributed by atoms with van der Waals surface area (Å²) in [5, 5.41) is 2.92. The first-order chi connectivity index (χ1) is 14.6. The number of aryl methyl sites for hydroxylation is 1. The molecule has 1 aromatic heterocycles. The Morgan fingerprint density at radius 2 is 1.83 bits per heavy atom. The Morgan fingerprint density at radius 1 is 1.03 bits per heavy atom. The van der Waals surface area contributed by atoms with E-state index in [-0.39, 0.29) is 19.1 Å². The van der Waals surface area contributed by atoms with Crippen LogP contribution in [0.15, 0.2) is 72.8 Å². The number of aromatic nitrogens is 2. The van der Waals surface area contributed by atoms with Crippen molar-refractivity contribution in [2.24, 2.45) is 0 Å². The third kappa shape index (κ3) is 4.27. The number of fused-ring (bicyclic) bond motifs is 1. The molecule has 0 aliphatic heterocycles. The summed E-state index contributed by atoms with van der Waals surface area (Å²) in [7, 11) is 1.58. The number of methoxy groups -OCH3 is 1. The molecule has 1 heterocycles. The van der Waals surface area contributed by atoms with Gasteiger partial charge in [-0.2, -0.15) is 0 Å². The fraction of sp³-hybridized carbons (Fsp3) is 0.167. The van der Waals surface area contributed by atoms with Gasteiger partial charge in [-0.15, -0.1) is 0 Å². The number of carbonyl (C=O) groups is 1. The van der Waals surface area contributed by atoms with Crippen LogP contribution in [-0.2, 0) is 17.9 Å². The highest BCUT2D eigenvalue weighted by molar-refractivity contribution is 5.93. The van der Waals surface area contributed by atoms with Crippen molar-refractivity contribution in [1.29, 1.82) is 0 Å². The number of ether oxygens (including phenoxy) is 2. The van der Waals surface area contributed by atoms with Gasteiger partial charge in [0.2, 0.25) is 5.91 Å². The number of rotatable bonds is 7. The highest BCUT2D eigenvalue weighted by Gasteiger charge is 2.15. The van der Waals surface area contributed by atoms with Gasteiger partial charge >= 0.3 is 0 Å². The number of benzene rings is 3. The van der Waals surface area contributed by atoms with Crippen LogP contribution in [0.25, 0.3) is 11.0 Å². The van der Waals surface area contributed by atoms with E-state index in [1.165, 1.54) is 0 Å². The lowest BCUT2D eigenvalue weighted by Crippen LogP contribution is -2.21. The second-order valence-corrected chi connectivity index (χ2v) is 6.96. The Hall–Kier alpha value is -3.80. The van der Waals surface area contributed by atoms with E-state index in [0.29, 0.717) is 17.3 Å². The van der Waals surface area contributed by atoms with Crippen molar-refractivity contribution in [3.63, 3.8) is 0 Å². The van der Waals surface area contributed by atoms with E-state index >= 15 is 0 Å². The molecule has 0 radical (unpaired) electrons. The number of carbonyl (C=O) groups excluding carboxylic acids is 1. The molecule has 0 atom stereocenters. The predicted octanol–water partition coefficient (Wildman–Crippen LogP) is 4.57. The zero-order valence-electron chi connectivity index (χ0n) is 17.0. The molecule has 0 aliphatic rings. The van der Waals surface area contributed by atoms with E-state index < -0.39 is 0 Å². The topological polar surface area (TPSA) is 65.4 Å². The van der Waals surface area contributed by atoms with Crippen molar-refractivity contribution in [2.45, 2.75) is 20.1 Å². The fourth-order valence-corrected chi connectivity index (χ4v) is 3.35. The Kier molecular flexibility index (Phi) is 5.66. The molecule has 0 bridgehead atoms.